The van der Waals surface area contributed by atoms with Gasteiger partial charge < -0.3 is 19.7 Å². The highest BCUT2D eigenvalue weighted by molar-refractivity contribution is 5.81. The van der Waals surface area contributed by atoms with E-state index in [0.717, 1.165) is 0 Å². The van der Waals surface area contributed by atoms with Crippen molar-refractivity contribution in [3.05, 3.63) is 6.07 Å². The van der Waals surface area contributed by atoms with Crippen LogP contribution in [-0.2, 0) is 4.79 Å². The van der Waals surface area contributed by atoms with Gasteiger partial charge in [0, 0.05) is 13.1 Å². The van der Waals surface area contributed by atoms with Crippen molar-refractivity contribution in [2.45, 2.75) is 0 Å². The summed E-state index contributed by atoms with van der Waals surface area (Å²) in [7, 11) is 3.04. The number of piperazine rings is 1. The predicted molar refractivity (Wildman–Crippen MR) is 60.4 cm³/mol. The molecular weight excluding hydrogens is 224 g/mol. The molecule has 2 rings (SSSR count). The molecule has 17 heavy (non-hydrogen) atoms. The molecule has 1 aromatic rings. The van der Waals surface area contributed by atoms with E-state index in [0.29, 0.717) is 30.8 Å². The summed E-state index contributed by atoms with van der Waals surface area (Å²) in [5, 5.41) is 2.74. The van der Waals surface area contributed by atoms with Crippen molar-refractivity contribution < 1.29 is 14.3 Å². The second-order valence-electron chi connectivity index (χ2n) is 3.52. The topological polar surface area (TPSA) is 76.6 Å². The molecule has 1 aliphatic heterocycles. The Morgan fingerprint density at radius 2 is 1.94 bits per heavy atom. The van der Waals surface area contributed by atoms with E-state index in [1.54, 1.807) is 11.0 Å². The highest BCUT2D eigenvalue weighted by Gasteiger charge is 2.20. The van der Waals surface area contributed by atoms with Crippen LogP contribution in [0.5, 0.6) is 11.8 Å². The Labute approximate surface area is 98.8 Å². The van der Waals surface area contributed by atoms with Gasteiger partial charge in [0.15, 0.2) is 0 Å². The number of carbonyl (C=O) groups is 1. The molecule has 1 fully saturated rings. The van der Waals surface area contributed by atoms with Crippen LogP contribution in [0.4, 0.5) is 5.95 Å². The number of nitrogens with zero attached hydrogens (tertiary/aromatic N) is 3. The first-order valence-corrected chi connectivity index (χ1v) is 5.21. The molecule has 0 aromatic carbocycles. The molecule has 7 nitrogen and oxygen atoms in total. The lowest BCUT2D eigenvalue weighted by Crippen LogP contribution is -2.48. The number of nitrogens with one attached hydrogen (secondary N) is 1. The normalized spacial score (nSPS) is 15.4. The van der Waals surface area contributed by atoms with Crippen molar-refractivity contribution in [2.75, 3.05) is 38.8 Å². The zero-order valence-corrected chi connectivity index (χ0v) is 9.77. The van der Waals surface area contributed by atoms with Gasteiger partial charge in [-0.05, 0) is 0 Å². The molecular formula is C10H14N4O3. The molecule has 0 unspecified atom stereocenters. The second-order valence-corrected chi connectivity index (χ2v) is 3.52. The van der Waals surface area contributed by atoms with Crippen LogP contribution >= 0.6 is 0 Å². The van der Waals surface area contributed by atoms with E-state index in [4.69, 9.17) is 9.47 Å². The highest BCUT2D eigenvalue weighted by atomic mass is 16.5. The zero-order valence-electron chi connectivity index (χ0n) is 9.77. The van der Waals surface area contributed by atoms with E-state index in [1.807, 2.05) is 0 Å². The van der Waals surface area contributed by atoms with Crippen LogP contribution in [0.3, 0.4) is 0 Å². The van der Waals surface area contributed by atoms with Crippen LogP contribution in [-0.4, -0.2) is 49.7 Å². The summed E-state index contributed by atoms with van der Waals surface area (Å²) in [5.74, 6) is 1.23. The summed E-state index contributed by atoms with van der Waals surface area (Å²) in [6, 6.07) is 1.59. The van der Waals surface area contributed by atoms with Crippen LogP contribution in [0.1, 0.15) is 0 Å². The quantitative estimate of drug-likeness (QED) is 0.760. The minimum Gasteiger partial charge on any atom is -0.481 e. The number of rotatable bonds is 3. The molecule has 0 radical (unpaired) electrons. The van der Waals surface area contributed by atoms with Gasteiger partial charge in [-0.2, -0.15) is 9.97 Å². The molecule has 1 saturated heterocycles. The lowest BCUT2D eigenvalue weighted by Gasteiger charge is -2.26. The molecule has 7 heteroatoms. The molecule has 0 atom stereocenters. The number of hydrogen-bond acceptors (Lipinski definition) is 6. The van der Waals surface area contributed by atoms with Crippen LogP contribution in [0.15, 0.2) is 6.07 Å². The summed E-state index contributed by atoms with van der Waals surface area (Å²) >= 11 is 0. The molecule has 1 N–H and O–H groups in total. The van der Waals surface area contributed by atoms with Crippen molar-refractivity contribution >= 4 is 11.9 Å². The number of ether oxygens (including phenoxy) is 2. The number of aromatic nitrogens is 2. The Morgan fingerprint density at radius 3 is 2.47 bits per heavy atom. The molecule has 92 valence electrons. The van der Waals surface area contributed by atoms with Crippen molar-refractivity contribution in [2.24, 2.45) is 0 Å². The van der Waals surface area contributed by atoms with Crippen LogP contribution in [0.2, 0.25) is 0 Å². The average molecular weight is 238 g/mol. The van der Waals surface area contributed by atoms with Gasteiger partial charge in [-0.25, -0.2) is 0 Å². The number of hydrogen-bond donors (Lipinski definition) is 1. The standard InChI is InChI=1S/C10H14N4O3/c1-16-8-5-9(17-2)13-10(12-8)14-4-3-11-7(15)6-14/h5H,3-4,6H2,1-2H3,(H,11,15). The van der Waals surface area contributed by atoms with Gasteiger partial charge in [-0.15, -0.1) is 0 Å². The van der Waals surface area contributed by atoms with Gasteiger partial charge in [0.25, 0.3) is 0 Å². The molecule has 0 saturated carbocycles. The van der Waals surface area contributed by atoms with Gasteiger partial charge in [-0.3, -0.25) is 4.79 Å². The molecule has 1 aliphatic rings. The largest absolute Gasteiger partial charge is 0.481 e. The first kappa shape index (κ1) is 11.4. The molecule has 0 bridgehead atoms. The van der Waals surface area contributed by atoms with E-state index >= 15 is 0 Å². The molecule has 1 aromatic heterocycles. The van der Waals surface area contributed by atoms with E-state index in [1.165, 1.54) is 14.2 Å². The Bertz CT molecular complexity index is 402. The lowest BCUT2D eigenvalue weighted by atomic mass is 10.4. The monoisotopic (exact) mass is 238 g/mol. The second kappa shape index (κ2) is 4.86. The van der Waals surface area contributed by atoms with Crippen molar-refractivity contribution in [3.63, 3.8) is 0 Å². The third-order valence-electron chi connectivity index (χ3n) is 2.41. The number of methoxy groups -OCH3 is 2. The third kappa shape index (κ3) is 2.55. The minimum absolute atomic E-state index is 0.0402. The maximum Gasteiger partial charge on any atom is 0.239 e. The third-order valence-corrected chi connectivity index (χ3v) is 2.41. The van der Waals surface area contributed by atoms with Gasteiger partial charge >= 0.3 is 0 Å². The smallest absolute Gasteiger partial charge is 0.239 e. The maximum absolute atomic E-state index is 11.3. The molecule has 0 spiro atoms. The Kier molecular flexibility index (Phi) is 3.27. The summed E-state index contributed by atoms with van der Waals surface area (Å²) in [5.41, 5.74) is 0. The molecule has 2 heterocycles. The van der Waals surface area contributed by atoms with Gasteiger partial charge in [0.2, 0.25) is 23.6 Å². The predicted octanol–water partition coefficient (Wildman–Crippen LogP) is -0.570. The van der Waals surface area contributed by atoms with Gasteiger partial charge in [0.05, 0.1) is 26.8 Å². The van der Waals surface area contributed by atoms with Gasteiger partial charge in [0.1, 0.15) is 0 Å². The fourth-order valence-corrected chi connectivity index (χ4v) is 1.55. The first-order valence-electron chi connectivity index (χ1n) is 5.21. The van der Waals surface area contributed by atoms with E-state index in [9.17, 15) is 4.79 Å². The van der Waals surface area contributed by atoms with Gasteiger partial charge in [-0.1, -0.05) is 0 Å². The van der Waals surface area contributed by atoms with E-state index in [2.05, 4.69) is 15.3 Å². The van der Waals surface area contributed by atoms with Crippen LogP contribution in [0.25, 0.3) is 0 Å². The number of amides is 1. The van der Waals surface area contributed by atoms with Crippen LogP contribution < -0.4 is 19.7 Å². The number of anilines is 1. The SMILES string of the molecule is COc1cc(OC)nc(N2CCNC(=O)C2)n1. The molecule has 0 aliphatic carbocycles. The number of carbonyl (C=O) groups excluding carboxylic acids is 1. The van der Waals surface area contributed by atoms with Crippen molar-refractivity contribution in [3.8, 4) is 11.8 Å². The molecule has 1 amide bonds. The average Bonchev–Trinajstić information content (AvgIpc) is 2.38. The fourth-order valence-electron chi connectivity index (χ4n) is 1.55. The Balaban J connectivity index is 2.26. The zero-order chi connectivity index (χ0) is 12.3. The van der Waals surface area contributed by atoms with Crippen molar-refractivity contribution in [1.29, 1.82) is 0 Å². The fraction of sp³-hybridized carbons (Fsp3) is 0.500. The van der Waals surface area contributed by atoms with Crippen LogP contribution in [0, 0.1) is 0 Å². The van der Waals surface area contributed by atoms with E-state index < -0.39 is 0 Å². The lowest BCUT2D eigenvalue weighted by molar-refractivity contribution is -0.120. The van der Waals surface area contributed by atoms with Crippen molar-refractivity contribution in [1.82, 2.24) is 15.3 Å². The Morgan fingerprint density at radius 1 is 1.29 bits per heavy atom. The summed E-state index contributed by atoms with van der Waals surface area (Å²) < 4.78 is 10.1. The summed E-state index contributed by atoms with van der Waals surface area (Å²) in [6.07, 6.45) is 0. The Hall–Kier alpha value is -2.05. The maximum atomic E-state index is 11.3. The first-order chi connectivity index (χ1) is 8.22. The minimum atomic E-state index is -0.0402. The van der Waals surface area contributed by atoms with E-state index in [-0.39, 0.29) is 12.5 Å². The summed E-state index contributed by atoms with van der Waals surface area (Å²) in [4.78, 5) is 21.4. The highest BCUT2D eigenvalue weighted by Crippen LogP contribution is 2.20. The summed E-state index contributed by atoms with van der Waals surface area (Å²) in [6.45, 7) is 1.50.